The van der Waals surface area contributed by atoms with Crippen LogP contribution in [0.25, 0.3) is 0 Å². The van der Waals surface area contributed by atoms with Crippen LogP contribution < -0.4 is 11.1 Å². The highest BCUT2D eigenvalue weighted by Gasteiger charge is 2.04. The van der Waals surface area contributed by atoms with E-state index in [1.165, 1.54) is 12.5 Å². The topological polar surface area (TPSA) is 84.1 Å². The van der Waals surface area contributed by atoms with Crippen LogP contribution in [-0.4, -0.2) is 41.4 Å². The van der Waals surface area contributed by atoms with Crippen LogP contribution in [0.5, 0.6) is 0 Å². The number of carbonyl (C=O) groups excluding carboxylic acids is 1. The van der Waals surface area contributed by atoms with E-state index in [-0.39, 0.29) is 5.91 Å². The van der Waals surface area contributed by atoms with Gasteiger partial charge in [0.25, 0.3) is 0 Å². The number of anilines is 2. The first kappa shape index (κ1) is 11.2. The fourth-order valence-electron chi connectivity index (χ4n) is 1.000. The van der Waals surface area contributed by atoms with Crippen molar-refractivity contribution in [2.24, 2.45) is 0 Å². The number of amides is 1. The van der Waals surface area contributed by atoms with Gasteiger partial charge in [0, 0.05) is 27.1 Å². The van der Waals surface area contributed by atoms with Gasteiger partial charge in [-0.1, -0.05) is 0 Å². The first-order valence-corrected chi connectivity index (χ1v) is 4.60. The minimum absolute atomic E-state index is 0.0649. The lowest BCUT2D eigenvalue weighted by Gasteiger charge is -2.11. The molecule has 1 heterocycles. The fraction of sp³-hybridized carbons (Fsp3) is 0.444. The standard InChI is InChI=1S/C9H15N5O/c1-14(2)8(15)3-4-12-9-7(10)5-11-6-13-9/h5-6H,3-4,10H2,1-2H3,(H,11,12,13). The van der Waals surface area contributed by atoms with Crippen LogP contribution in [0, 0.1) is 0 Å². The first-order chi connectivity index (χ1) is 7.11. The summed E-state index contributed by atoms with van der Waals surface area (Å²) in [5.41, 5.74) is 6.10. The molecule has 0 aliphatic heterocycles. The van der Waals surface area contributed by atoms with Crippen molar-refractivity contribution in [1.82, 2.24) is 14.9 Å². The summed E-state index contributed by atoms with van der Waals surface area (Å²) in [6.45, 7) is 0.512. The average molecular weight is 209 g/mol. The molecule has 15 heavy (non-hydrogen) atoms. The lowest BCUT2D eigenvalue weighted by Crippen LogP contribution is -2.24. The van der Waals surface area contributed by atoms with Crippen LogP contribution in [0.1, 0.15) is 6.42 Å². The number of rotatable bonds is 4. The highest BCUT2D eigenvalue weighted by atomic mass is 16.2. The monoisotopic (exact) mass is 209 g/mol. The van der Waals surface area contributed by atoms with Crippen molar-refractivity contribution in [2.75, 3.05) is 31.7 Å². The third kappa shape index (κ3) is 3.41. The van der Waals surface area contributed by atoms with Crippen LogP contribution in [0.4, 0.5) is 11.5 Å². The van der Waals surface area contributed by atoms with E-state index in [0.717, 1.165) is 0 Å². The van der Waals surface area contributed by atoms with Crippen LogP contribution in [0.2, 0.25) is 0 Å². The van der Waals surface area contributed by atoms with Gasteiger partial charge in [-0.2, -0.15) is 0 Å². The largest absolute Gasteiger partial charge is 0.394 e. The molecule has 3 N–H and O–H groups in total. The Morgan fingerprint density at radius 2 is 2.33 bits per heavy atom. The zero-order chi connectivity index (χ0) is 11.3. The molecule has 1 amide bonds. The van der Waals surface area contributed by atoms with E-state index in [4.69, 9.17) is 5.73 Å². The van der Waals surface area contributed by atoms with Crippen molar-refractivity contribution in [2.45, 2.75) is 6.42 Å². The van der Waals surface area contributed by atoms with Crippen molar-refractivity contribution >= 4 is 17.4 Å². The first-order valence-electron chi connectivity index (χ1n) is 4.60. The van der Waals surface area contributed by atoms with Crippen molar-refractivity contribution in [1.29, 1.82) is 0 Å². The van der Waals surface area contributed by atoms with Gasteiger partial charge in [0.05, 0.1) is 11.9 Å². The lowest BCUT2D eigenvalue weighted by molar-refractivity contribution is -0.128. The molecule has 0 atom stereocenters. The molecular weight excluding hydrogens is 194 g/mol. The van der Waals surface area contributed by atoms with Gasteiger partial charge in [0.1, 0.15) is 6.33 Å². The second kappa shape index (κ2) is 5.14. The summed E-state index contributed by atoms with van der Waals surface area (Å²) in [7, 11) is 3.45. The Balaban J connectivity index is 2.38. The van der Waals surface area contributed by atoms with Gasteiger partial charge in [0.2, 0.25) is 5.91 Å². The molecule has 0 aliphatic carbocycles. The Kier molecular flexibility index (Phi) is 3.84. The molecular formula is C9H15N5O. The SMILES string of the molecule is CN(C)C(=O)CCNc1ncncc1N. The smallest absolute Gasteiger partial charge is 0.223 e. The van der Waals surface area contributed by atoms with E-state index in [1.54, 1.807) is 19.0 Å². The number of hydrogen-bond acceptors (Lipinski definition) is 5. The molecule has 6 heteroatoms. The van der Waals surface area contributed by atoms with E-state index in [2.05, 4.69) is 15.3 Å². The van der Waals surface area contributed by atoms with E-state index in [1.807, 2.05) is 0 Å². The number of aromatic nitrogens is 2. The number of nitrogen functional groups attached to an aromatic ring is 1. The Bertz CT molecular complexity index is 339. The van der Waals surface area contributed by atoms with Crippen molar-refractivity contribution in [3.05, 3.63) is 12.5 Å². The normalized spacial score (nSPS) is 9.73. The van der Waals surface area contributed by atoms with E-state index >= 15 is 0 Å². The lowest BCUT2D eigenvalue weighted by atomic mass is 10.3. The van der Waals surface area contributed by atoms with Crippen LogP contribution in [0.3, 0.4) is 0 Å². The molecule has 0 spiro atoms. The maximum absolute atomic E-state index is 11.2. The molecule has 1 aromatic heterocycles. The van der Waals surface area contributed by atoms with Crippen LogP contribution in [0.15, 0.2) is 12.5 Å². The molecule has 6 nitrogen and oxygen atoms in total. The third-order valence-corrected chi connectivity index (χ3v) is 1.87. The van der Waals surface area contributed by atoms with Crippen molar-refractivity contribution in [3.8, 4) is 0 Å². The quantitative estimate of drug-likeness (QED) is 0.726. The average Bonchev–Trinajstić information content (AvgIpc) is 2.20. The summed E-state index contributed by atoms with van der Waals surface area (Å²) in [5.74, 6) is 0.631. The fourth-order valence-corrected chi connectivity index (χ4v) is 1.000. The predicted octanol–water partition coefficient (Wildman–Crippen LogP) is -0.0510. The maximum atomic E-state index is 11.2. The summed E-state index contributed by atoms with van der Waals surface area (Å²) in [6, 6.07) is 0. The highest BCUT2D eigenvalue weighted by molar-refractivity contribution is 5.76. The van der Waals surface area contributed by atoms with E-state index in [0.29, 0.717) is 24.5 Å². The van der Waals surface area contributed by atoms with Gasteiger partial charge in [-0.15, -0.1) is 0 Å². The summed E-state index contributed by atoms with van der Waals surface area (Å²) in [6.07, 6.45) is 3.34. The molecule has 1 rings (SSSR count). The van der Waals surface area contributed by atoms with Gasteiger partial charge in [0.15, 0.2) is 5.82 Å². The van der Waals surface area contributed by atoms with Crippen molar-refractivity contribution in [3.63, 3.8) is 0 Å². The molecule has 1 aromatic rings. The number of nitrogens with one attached hydrogen (secondary N) is 1. The minimum Gasteiger partial charge on any atom is -0.394 e. The molecule has 0 radical (unpaired) electrons. The predicted molar refractivity (Wildman–Crippen MR) is 58.2 cm³/mol. The van der Waals surface area contributed by atoms with Gasteiger partial charge in [-0.25, -0.2) is 9.97 Å². The summed E-state index contributed by atoms with van der Waals surface area (Å²) >= 11 is 0. The van der Waals surface area contributed by atoms with E-state index in [9.17, 15) is 4.79 Å². The zero-order valence-corrected chi connectivity index (χ0v) is 8.90. The second-order valence-corrected chi connectivity index (χ2v) is 3.29. The molecule has 0 unspecified atom stereocenters. The molecule has 0 saturated heterocycles. The van der Waals surface area contributed by atoms with Gasteiger partial charge in [-0.05, 0) is 0 Å². The van der Waals surface area contributed by atoms with Gasteiger partial charge >= 0.3 is 0 Å². The molecule has 0 aromatic carbocycles. The molecule has 0 aliphatic rings. The number of carbonyl (C=O) groups is 1. The number of hydrogen-bond donors (Lipinski definition) is 2. The van der Waals surface area contributed by atoms with Crippen molar-refractivity contribution < 1.29 is 4.79 Å². The summed E-state index contributed by atoms with van der Waals surface area (Å²) in [5, 5.41) is 2.98. The maximum Gasteiger partial charge on any atom is 0.223 e. The number of nitrogens with two attached hydrogens (primary N) is 1. The summed E-state index contributed by atoms with van der Waals surface area (Å²) < 4.78 is 0. The van der Waals surface area contributed by atoms with Crippen LogP contribution in [-0.2, 0) is 4.79 Å². The van der Waals surface area contributed by atoms with Gasteiger partial charge in [-0.3, -0.25) is 4.79 Å². The molecule has 0 fully saturated rings. The Morgan fingerprint density at radius 1 is 1.60 bits per heavy atom. The molecule has 0 saturated carbocycles. The second-order valence-electron chi connectivity index (χ2n) is 3.29. The van der Waals surface area contributed by atoms with E-state index < -0.39 is 0 Å². The minimum atomic E-state index is 0.0649. The third-order valence-electron chi connectivity index (χ3n) is 1.87. The Labute approximate surface area is 88.5 Å². The number of nitrogens with zero attached hydrogens (tertiary/aromatic N) is 3. The Hall–Kier alpha value is -1.85. The molecule has 82 valence electrons. The highest BCUT2D eigenvalue weighted by Crippen LogP contribution is 2.10. The summed E-state index contributed by atoms with van der Waals surface area (Å²) in [4.78, 5) is 20.5. The Morgan fingerprint density at radius 3 is 2.93 bits per heavy atom. The molecule has 0 bridgehead atoms. The zero-order valence-electron chi connectivity index (χ0n) is 8.90. The van der Waals surface area contributed by atoms with Gasteiger partial charge < -0.3 is 16.0 Å². The van der Waals surface area contributed by atoms with Crippen LogP contribution >= 0.6 is 0 Å².